The molecule has 0 aliphatic rings. The van der Waals surface area contributed by atoms with Crippen molar-refractivity contribution in [2.75, 3.05) is 19.5 Å². The Labute approximate surface area is 197 Å². The van der Waals surface area contributed by atoms with Gasteiger partial charge in [-0.3, -0.25) is 10.4 Å². The second-order valence-corrected chi connectivity index (χ2v) is 7.19. The van der Waals surface area contributed by atoms with Crippen LogP contribution in [0.5, 0.6) is 11.5 Å². The molecule has 0 spiro atoms. The number of aromatic nitrogens is 5. The van der Waals surface area contributed by atoms with Gasteiger partial charge in [0.25, 0.3) is 5.95 Å². The molecule has 2 aromatic carbocycles. The van der Waals surface area contributed by atoms with Crippen molar-refractivity contribution >= 4 is 11.5 Å². The Hall–Kier alpha value is -4.81. The molecule has 0 bridgehead atoms. The first-order chi connectivity index (χ1) is 16.8. The summed E-state index contributed by atoms with van der Waals surface area (Å²) < 4.78 is 41.1. The number of nitrogen functional groups attached to an aromatic ring is 1. The van der Waals surface area contributed by atoms with Crippen molar-refractivity contribution in [2.45, 2.75) is 6.04 Å². The molecule has 0 aliphatic carbocycles. The maximum atomic E-state index is 15.2. The Morgan fingerprint density at radius 1 is 1.11 bits per heavy atom. The summed E-state index contributed by atoms with van der Waals surface area (Å²) >= 11 is 0. The highest BCUT2D eigenvalue weighted by Crippen LogP contribution is 2.35. The number of anilines is 1. The Morgan fingerprint density at radius 2 is 1.80 bits per heavy atom. The summed E-state index contributed by atoms with van der Waals surface area (Å²) in [6.45, 7) is 0. The van der Waals surface area contributed by atoms with Crippen LogP contribution in [0.25, 0.3) is 5.95 Å². The van der Waals surface area contributed by atoms with E-state index in [-0.39, 0.29) is 40.1 Å². The molecule has 0 amide bonds. The van der Waals surface area contributed by atoms with Gasteiger partial charge >= 0.3 is 5.69 Å². The van der Waals surface area contributed by atoms with Crippen LogP contribution >= 0.6 is 0 Å². The first-order valence-electron chi connectivity index (χ1n) is 10.1. The molecule has 0 saturated carbocycles. The molecule has 13 heteroatoms. The number of aromatic amines is 1. The van der Waals surface area contributed by atoms with Crippen LogP contribution in [0.1, 0.15) is 23.0 Å². The van der Waals surface area contributed by atoms with Crippen molar-refractivity contribution < 1.29 is 18.3 Å². The van der Waals surface area contributed by atoms with E-state index in [0.717, 1.165) is 16.8 Å². The van der Waals surface area contributed by atoms with Crippen LogP contribution in [0.2, 0.25) is 0 Å². The number of hydrogen-bond donors (Lipinski definition) is 4. The third-order valence-electron chi connectivity index (χ3n) is 5.03. The molecule has 4 aromatic rings. The van der Waals surface area contributed by atoms with E-state index >= 15 is 4.39 Å². The number of nitrogens with two attached hydrogens (primary N) is 1. The molecule has 0 saturated heterocycles. The number of hydrogen-bond acceptors (Lipinski definition) is 8. The number of benzene rings is 2. The van der Waals surface area contributed by atoms with Crippen LogP contribution in [0, 0.1) is 17.0 Å². The van der Waals surface area contributed by atoms with E-state index in [1.807, 2.05) is 0 Å². The normalized spacial score (nSPS) is 11.7. The van der Waals surface area contributed by atoms with Gasteiger partial charge in [0.2, 0.25) is 0 Å². The monoisotopic (exact) mass is 482 g/mol. The van der Waals surface area contributed by atoms with Crippen LogP contribution < -0.4 is 26.2 Å². The van der Waals surface area contributed by atoms with E-state index in [1.165, 1.54) is 44.8 Å². The van der Waals surface area contributed by atoms with Crippen LogP contribution in [0.4, 0.5) is 14.5 Å². The molecular formula is C22H20F2N8O3. The molecule has 0 radical (unpaired) electrons. The summed E-state index contributed by atoms with van der Waals surface area (Å²) in [4.78, 5) is 23.2. The lowest BCUT2D eigenvalue weighted by Crippen LogP contribution is -2.18. The second-order valence-electron chi connectivity index (χ2n) is 7.19. The topological polar surface area (TPSA) is 157 Å². The lowest BCUT2D eigenvalue weighted by molar-refractivity contribution is 0.351. The third-order valence-corrected chi connectivity index (χ3v) is 5.03. The van der Waals surface area contributed by atoms with E-state index in [2.05, 4.69) is 25.4 Å². The molecule has 2 heterocycles. The molecule has 0 aliphatic heterocycles. The molecule has 11 nitrogen and oxygen atoms in total. The average molecular weight is 482 g/mol. The summed E-state index contributed by atoms with van der Waals surface area (Å²) in [6, 6.07) is 6.82. The van der Waals surface area contributed by atoms with Crippen LogP contribution in [-0.2, 0) is 0 Å². The highest BCUT2D eigenvalue weighted by atomic mass is 19.1. The Kier molecular flexibility index (Phi) is 6.40. The molecule has 1 atom stereocenters. The highest BCUT2D eigenvalue weighted by molar-refractivity contribution is 5.95. The number of nitrogens with one attached hydrogen (secondary N) is 3. The van der Waals surface area contributed by atoms with Crippen molar-refractivity contribution in [1.82, 2.24) is 24.7 Å². The van der Waals surface area contributed by atoms with Crippen molar-refractivity contribution in [2.24, 2.45) is 5.73 Å². The highest BCUT2D eigenvalue weighted by Gasteiger charge is 2.26. The van der Waals surface area contributed by atoms with Gasteiger partial charge < -0.3 is 20.5 Å². The zero-order valence-electron chi connectivity index (χ0n) is 18.5. The van der Waals surface area contributed by atoms with Crippen LogP contribution in [-0.4, -0.2) is 44.8 Å². The Bertz CT molecular complexity index is 1440. The van der Waals surface area contributed by atoms with Crippen molar-refractivity contribution in [3.63, 3.8) is 0 Å². The van der Waals surface area contributed by atoms with Gasteiger partial charge in [-0.15, -0.1) is 9.78 Å². The van der Waals surface area contributed by atoms with Gasteiger partial charge in [0.15, 0.2) is 17.3 Å². The SMILES string of the molecule is COc1cc(F)c([C@H](Nc2ccc(C(=N)N)c(F)c2)c2nn(-c3ncccn3)c(=O)[nH]2)cc1OC. The average Bonchev–Trinajstić information content (AvgIpc) is 3.24. The van der Waals surface area contributed by atoms with E-state index in [9.17, 15) is 9.18 Å². The first-order valence-corrected chi connectivity index (χ1v) is 10.1. The maximum absolute atomic E-state index is 15.2. The van der Waals surface area contributed by atoms with Crippen molar-refractivity contribution in [3.8, 4) is 17.4 Å². The van der Waals surface area contributed by atoms with E-state index < -0.39 is 29.2 Å². The smallest absolute Gasteiger partial charge is 0.350 e. The number of nitrogens with zero attached hydrogens (tertiary/aromatic N) is 4. The standard InChI is InChI=1S/C22H20F2N8O3/c1-34-16-9-13(15(24)10-17(16)35-2)18(29-11-4-5-12(19(25)26)14(23)8-11)20-30-22(33)32(31-20)21-27-6-3-7-28-21/h3-10,18,29H,1-2H3,(H3,25,26)(H,30,31,33)/t18-/m0/s1. The van der Waals surface area contributed by atoms with Gasteiger partial charge in [-0.2, -0.15) is 0 Å². The maximum Gasteiger partial charge on any atom is 0.350 e. The quantitative estimate of drug-likeness (QED) is 0.220. The predicted octanol–water partition coefficient (Wildman–Crippen LogP) is 2.13. The van der Waals surface area contributed by atoms with Gasteiger partial charge in [-0.25, -0.2) is 23.5 Å². The third kappa shape index (κ3) is 4.64. The number of halogens is 2. The minimum Gasteiger partial charge on any atom is -0.493 e. The largest absolute Gasteiger partial charge is 0.493 e. The molecule has 4 rings (SSSR count). The van der Waals surface area contributed by atoms with E-state index in [1.54, 1.807) is 6.07 Å². The van der Waals surface area contributed by atoms with Gasteiger partial charge in [-0.1, -0.05) is 0 Å². The first kappa shape index (κ1) is 23.4. The zero-order chi connectivity index (χ0) is 25.1. The lowest BCUT2D eigenvalue weighted by atomic mass is 10.0. The predicted molar refractivity (Wildman–Crippen MR) is 122 cm³/mol. The van der Waals surface area contributed by atoms with Crippen LogP contribution in [0.15, 0.2) is 53.6 Å². The Balaban J connectivity index is 1.85. The summed E-state index contributed by atoms with van der Waals surface area (Å²) in [5.41, 5.74) is 4.85. The number of H-pyrrole nitrogens is 1. The minimum absolute atomic E-state index is 0.00314. The molecule has 5 N–H and O–H groups in total. The summed E-state index contributed by atoms with van der Waals surface area (Å²) in [6.07, 6.45) is 2.87. The summed E-state index contributed by atoms with van der Waals surface area (Å²) in [7, 11) is 2.76. The molecule has 35 heavy (non-hydrogen) atoms. The fourth-order valence-electron chi connectivity index (χ4n) is 3.38. The molecule has 0 fully saturated rings. The minimum atomic E-state index is -1.12. The number of ether oxygens (including phenoxy) is 2. The number of amidine groups is 1. The van der Waals surface area contributed by atoms with Gasteiger partial charge in [0.1, 0.15) is 23.5 Å². The van der Waals surface area contributed by atoms with E-state index in [0.29, 0.717) is 0 Å². The fraction of sp³-hybridized carbons (Fsp3) is 0.136. The van der Waals surface area contributed by atoms with E-state index in [4.69, 9.17) is 20.6 Å². The van der Waals surface area contributed by atoms with Gasteiger partial charge in [0, 0.05) is 29.7 Å². The van der Waals surface area contributed by atoms with Crippen LogP contribution in [0.3, 0.4) is 0 Å². The Morgan fingerprint density at radius 3 is 2.43 bits per heavy atom. The van der Waals surface area contributed by atoms with Crippen molar-refractivity contribution in [3.05, 3.63) is 87.9 Å². The molecule has 180 valence electrons. The second kappa shape index (κ2) is 9.59. The number of rotatable bonds is 8. The summed E-state index contributed by atoms with van der Waals surface area (Å²) in [5.74, 6) is -1.53. The lowest BCUT2D eigenvalue weighted by Gasteiger charge is -2.20. The molecule has 0 unspecified atom stereocenters. The van der Waals surface area contributed by atoms with Crippen molar-refractivity contribution in [1.29, 1.82) is 5.41 Å². The summed E-state index contributed by atoms with van der Waals surface area (Å²) in [5, 5.41) is 14.7. The molecule has 2 aromatic heterocycles. The fourth-order valence-corrected chi connectivity index (χ4v) is 3.38. The van der Waals surface area contributed by atoms with Gasteiger partial charge in [-0.05, 0) is 30.3 Å². The molecular weight excluding hydrogens is 462 g/mol. The van der Waals surface area contributed by atoms with Gasteiger partial charge in [0.05, 0.1) is 19.8 Å². The zero-order valence-corrected chi connectivity index (χ0v) is 18.5. The number of methoxy groups -OCH3 is 2.